The first-order valence-corrected chi connectivity index (χ1v) is 8.57. The minimum Gasteiger partial charge on any atom is -0.306 e. The fourth-order valence-corrected chi connectivity index (χ4v) is 4.01. The van der Waals surface area contributed by atoms with Gasteiger partial charge in [0.25, 0.3) is 0 Å². The van der Waals surface area contributed by atoms with Gasteiger partial charge in [0.2, 0.25) is 0 Å². The summed E-state index contributed by atoms with van der Waals surface area (Å²) < 4.78 is 30.0. The lowest BCUT2D eigenvalue weighted by atomic mass is 11.0. The first-order valence-electron chi connectivity index (χ1n) is 4.48. The molecule has 0 N–H and O–H groups in total. The zero-order chi connectivity index (χ0) is 10.5. The van der Waals surface area contributed by atoms with E-state index in [1.165, 1.54) is 0 Å². The van der Waals surface area contributed by atoms with Crippen molar-refractivity contribution in [3.8, 4) is 0 Å². The van der Waals surface area contributed by atoms with Crippen molar-refractivity contribution >= 4 is 25.1 Å². The van der Waals surface area contributed by atoms with Gasteiger partial charge in [-0.1, -0.05) is 6.92 Å². The summed E-state index contributed by atoms with van der Waals surface area (Å²) in [7, 11) is -1.62. The van der Waals surface area contributed by atoms with Gasteiger partial charge >= 0.3 is 0 Å². The lowest BCUT2D eigenvalue weighted by Crippen LogP contribution is -2.13. The Kier molecular flexibility index (Phi) is 5.59. The van der Waals surface area contributed by atoms with Gasteiger partial charge in [0.1, 0.15) is 0 Å². The van der Waals surface area contributed by atoms with E-state index in [9.17, 15) is 0 Å². The van der Waals surface area contributed by atoms with Crippen LogP contribution in [0.25, 0.3) is 0 Å². The van der Waals surface area contributed by atoms with E-state index in [0.29, 0.717) is 20.4 Å². The van der Waals surface area contributed by atoms with E-state index in [2.05, 4.69) is 6.92 Å². The van der Waals surface area contributed by atoms with Crippen LogP contribution in [-0.2, 0) is 27.1 Å². The third kappa shape index (κ3) is 4.08. The Morgan fingerprint density at radius 2 is 1.13 bits per heavy atom. The second-order valence-corrected chi connectivity index (χ2v) is 7.89. The zero-order valence-corrected chi connectivity index (χ0v) is 11.0. The van der Waals surface area contributed by atoms with Crippen molar-refractivity contribution in [1.29, 1.82) is 0 Å². The molecule has 0 spiro atoms. The van der Waals surface area contributed by atoms with Gasteiger partial charge in [-0.25, -0.2) is 0 Å². The number of hydrogen-bond donors (Lipinski definition) is 0. The van der Waals surface area contributed by atoms with Gasteiger partial charge in [-0.15, -0.1) is 0 Å². The first-order chi connectivity index (χ1) is 7.38. The van der Waals surface area contributed by atoms with E-state index in [-0.39, 0.29) is 0 Å². The Hall–Kier alpha value is 1.05. The monoisotopic (exact) mass is 274 g/mol. The first kappa shape index (κ1) is 12.5. The molecule has 0 saturated carbocycles. The molecule has 3 fully saturated rings. The van der Waals surface area contributed by atoms with Gasteiger partial charge in [0.15, 0.2) is 45.5 Å². The number of rotatable bonds is 3. The lowest BCUT2D eigenvalue weighted by molar-refractivity contribution is 0.0282. The van der Waals surface area contributed by atoms with E-state index in [1.54, 1.807) is 0 Å². The maximum atomic E-state index is 5.04. The van der Waals surface area contributed by atoms with Gasteiger partial charge in [-0.05, 0) is 0 Å². The van der Waals surface area contributed by atoms with Gasteiger partial charge in [0, 0.05) is 6.16 Å². The van der Waals surface area contributed by atoms with E-state index in [4.69, 9.17) is 27.1 Å². The summed E-state index contributed by atoms with van der Waals surface area (Å²) >= 11 is 0. The average Bonchev–Trinajstić information content (AvgIpc) is 1.97. The topological polar surface area (TPSA) is 55.4 Å². The van der Waals surface area contributed by atoms with Crippen molar-refractivity contribution < 1.29 is 27.1 Å². The van der Waals surface area contributed by atoms with Crippen molar-refractivity contribution in [2.24, 2.45) is 0 Å². The van der Waals surface area contributed by atoms with Crippen LogP contribution >= 0.6 is 25.1 Å². The molecule has 0 radical (unpaired) electrons. The molecule has 3 aliphatic rings. The van der Waals surface area contributed by atoms with Crippen LogP contribution in [0.5, 0.6) is 0 Å². The molecule has 0 unspecified atom stereocenters. The smallest absolute Gasteiger partial charge is 0.184 e. The molecule has 0 amide bonds. The highest BCUT2D eigenvalue weighted by Crippen LogP contribution is 2.60. The molecule has 3 aliphatic heterocycles. The molecule has 0 aromatic carbocycles. The summed E-state index contributed by atoms with van der Waals surface area (Å²) in [5, 5.41) is 0. The molecule has 3 saturated heterocycles. The Morgan fingerprint density at radius 1 is 0.733 bits per heavy atom. The van der Waals surface area contributed by atoms with E-state index >= 15 is 0 Å². The van der Waals surface area contributed by atoms with Crippen LogP contribution in [0.15, 0.2) is 0 Å². The normalized spacial score (nSPS) is 27.0. The van der Waals surface area contributed by atoms with Crippen molar-refractivity contribution in [3.05, 3.63) is 0 Å². The van der Waals surface area contributed by atoms with Crippen LogP contribution in [0.3, 0.4) is 0 Å². The molecule has 6 nitrogen and oxygen atoms in total. The van der Waals surface area contributed by atoms with Crippen LogP contribution in [0.4, 0.5) is 0 Å². The molecule has 88 valence electrons. The summed E-state index contributed by atoms with van der Waals surface area (Å²) in [6.07, 6.45) is 1.04. The standard InChI is InChI=1S/C3H6O4P2.C3H7O2P/c1-4-8(5-1)3-9-6-2-7-9;1-2-6-4-3-5-6/h1-3H2;2-3H2,1H3. The molecule has 3 rings (SSSR count). The minimum absolute atomic E-state index is 0.396. The third-order valence-corrected chi connectivity index (χ3v) is 6.39. The largest absolute Gasteiger partial charge is 0.306 e. The Labute approximate surface area is 92.3 Å². The SMILES string of the molecule is C1OP(CP2OCO2)O1.CCP1OCO1. The molecule has 3 heterocycles. The van der Waals surface area contributed by atoms with Crippen molar-refractivity contribution in [2.45, 2.75) is 6.92 Å². The fraction of sp³-hybridized carbons (Fsp3) is 1.00. The highest BCUT2D eigenvalue weighted by molar-refractivity contribution is 7.66. The summed E-state index contributed by atoms with van der Waals surface area (Å²) in [6, 6.07) is 0. The highest BCUT2D eigenvalue weighted by Gasteiger charge is 2.30. The summed E-state index contributed by atoms with van der Waals surface area (Å²) in [5.41, 5.74) is 0. The molecule has 0 aliphatic carbocycles. The van der Waals surface area contributed by atoms with Crippen molar-refractivity contribution in [2.75, 3.05) is 32.4 Å². The molecule has 15 heavy (non-hydrogen) atoms. The van der Waals surface area contributed by atoms with E-state index in [0.717, 1.165) is 12.1 Å². The average molecular weight is 274 g/mol. The second-order valence-electron chi connectivity index (χ2n) is 2.58. The zero-order valence-electron chi connectivity index (χ0n) is 8.33. The van der Waals surface area contributed by atoms with Crippen LogP contribution in [0, 0.1) is 0 Å². The predicted octanol–water partition coefficient (Wildman–Crippen LogP) is 2.90. The van der Waals surface area contributed by atoms with Crippen LogP contribution in [-0.4, -0.2) is 32.4 Å². The van der Waals surface area contributed by atoms with Crippen LogP contribution < -0.4 is 0 Å². The van der Waals surface area contributed by atoms with E-state index < -0.39 is 25.1 Å². The second kappa shape index (κ2) is 6.70. The maximum Gasteiger partial charge on any atom is 0.184 e. The molecule has 0 bridgehead atoms. The maximum absolute atomic E-state index is 5.04. The number of hydrogen-bond acceptors (Lipinski definition) is 6. The summed E-state index contributed by atoms with van der Waals surface area (Å²) in [6.45, 7) is 3.49. The molecule has 0 aromatic heterocycles. The molecular weight excluding hydrogens is 261 g/mol. The third-order valence-electron chi connectivity index (χ3n) is 1.67. The molecular formula is C6H13O6P3. The van der Waals surface area contributed by atoms with Gasteiger partial charge in [-0.3, -0.25) is 0 Å². The minimum atomic E-state index is -0.613. The molecule has 0 atom stereocenters. The van der Waals surface area contributed by atoms with Gasteiger partial charge in [-0.2, -0.15) is 0 Å². The Morgan fingerprint density at radius 3 is 1.27 bits per heavy atom. The summed E-state index contributed by atoms with van der Waals surface area (Å²) in [5.74, 6) is 0.824. The van der Waals surface area contributed by atoms with Crippen LogP contribution in [0.1, 0.15) is 6.92 Å². The highest BCUT2D eigenvalue weighted by atomic mass is 31.2. The summed E-state index contributed by atoms with van der Waals surface area (Å²) in [4.78, 5) is 0. The van der Waals surface area contributed by atoms with Gasteiger partial charge < -0.3 is 27.1 Å². The fourth-order valence-electron chi connectivity index (χ4n) is 0.822. The van der Waals surface area contributed by atoms with Gasteiger partial charge in [0.05, 0.1) is 5.90 Å². The van der Waals surface area contributed by atoms with Crippen LogP contribution in [0.2, 0.25) is 0 Å². The molecule has 9 heteroatoms. The van der Waals surface area contributed by atoms with E-state index in [1.807, 2.05) is 0 Å². The Bertz CT molecular complexity index is 169. The predicted molar refractivity (Wildman–Crippen MR) is 57.3 cm³/mol. The lowest BCUT2D eigenvalue weighted by Gasteiger charge is -2.31. The Balaban J connectivity index is 0.000000124. The van der Waals surface area contributed by atoms with Crippen molar-refractivity contribution in [1.82, 2.24) is 0 Å². The quantitative estimate of drug-likeness (QED) is 0.737. The molecule has 0 aromatic rings. The van der Waals surface area contributed by atoms with Crippen molar-refractivity contribution in [3.63, 3.8) is 0 Å².